The summed E-state index contributed by atoms with van der Waals surface area (Å²) < 4.78 is 1.74. The van der Waals surface area contributed by atoms with Gasteiger partial charge in [-0.3, -0.25) is 9.59 Å². The quantitative estimate of drug-likeness (QED) is 0.388. The summed E-state index contributed by atoms with van der Waals surface area (Å²) in [4.78, 5) is 29.8. The fourth-order valence-electron chi connectivity index (χ4n) is 3.48. The first kappa shape index (κ1) is 23.2. The van der Waals surface area contributed by atoms with Gasteiger partial charge in [0.2, 0.25) is 5.91 Å². The lowest BCUT2D eigenvalue weighted by atomic mass is 10.0. The van der Waals surface area contributed by atoms with Gasteiger partial charge in [-0.1, -0.05) is 66.2 Å². The monoisotopic (exact) mass is 473 g/mol. The van der Waals surface area contributed by atoms with E-state index < -0.39 is 6.04 Å². The van der Waals surface area contributed by atoms with Crippen LogP contribution in [0, 0.1) is 0 Å². The van der Waals surface area contributed by atoms with E-state index >= 15 is 0 Å². The molecule has 0 spiro atoms. The summed E-state index contributed by atoms with van der Waals surface area (Å²) >= 11 is 5.92. The summed E-state index contributed by atoms with van der Waals surface area (Å²) in [5, 5.41) is 10.5. The van der Waals surface area contributed by atoms with Crippen molar-refractivity contribution in [2.75, 3.05) is 0 Å². The lowest BCUT2D eigenvalue weighted by Crippen LogP contribution is -2.47. The Morgan fingerprint density at radius 3 is 2.26 bits per heavy atom. The van der Waals surface area contributed by atoms with Crippen molar-refractivity contribution < 1.29 is 9.59 Å². The van der Waals surface area contributed by atoms with Crippen LogP contribution in [0.25, 0.3) is 0 Å². The van der Waals surface area contributed by atoms with E-state index in [1.54, 1.807) is 35.3 Å². The molecular weight excluding hydrogens is 450 g/mol. The summed E-state index contributed by atoms with van der Waals surface area (Å²) in [5.41, 5.74) is 3.44. The molecule has 172 valence electrons. The number of nitrogens with one attached hydrogen (secondary N) is 2. The first-order valence-electron chi connectivity index (χ1n) is 10.8. The van der Waals surface area contributed by atoms with Crippen LogP contribution in [0.3, 0.4) is 0 Å². The van der Waals surface area contributed by atoms with Crippen LogP contribution in [0.1, 0.15) is 27.0 Å². The Labute approximate surface area is 202 Å². The maximum atomic E-state index is 13.1. The van der Waals surface area contributed by atoms with E-state index in [9.17, 15) is 9.59 Å². The molecule has 0 aliphatic rings. The molecule has 1 atom stereocenters. The molecule has 2 amide bonds. The summed E-state index contributed by atoms with van der Waals surface area (Å²) in [7, 11) is 0. The molecule has 1 aromatic heterocycles. The number of aromatic nitrogens is 3. The normalized spacial score (nSPS) is 11.6. The van der Waals surface area contributed by atoms with E-state index in [1.807, 2.05) is 54.6 Å². The summed E-state index contributed by atoms with van der Waals surface area (Å²) in [5.74, 6) is -0.580. The van der Waals surface area contributed by atoms with E-state index in [-0.39, 0.29) is 11.8 Å². The molecule has 0 bridgehead atoms. The SMILES string of the molecule is O=C(NC(Cc1ccccc1)C(=O)NCc1ccc(Cn2cncn2)cc1)c1ccc(Cl)cc1. The van der Waals surface area contributed by atoms with Gasteiger partial charge in [-0.05, 0) is 41.0 Å². The minimum absolute atomic E-state index is 0.252. The molecule has 1 unspecified atom stereocenters. The number of rotatable bonds is 9. The third-order valence-corrected chi connectivity index (χ3v) is 5.56. The summed E-state index contributed by atoms with van der Waals surface area (Å²) in [6, 6.07) is 23.4. The zero-order chi connectivity index (χ0) is 23.8. The molecule has 4 aromatic rings. The molecule has 0 saturated heterocycles. The molecule has 8 heteroatoms. The van der Waals surface area contributed by atoms with Gasteiger partial charge in [-0.15, -0.1) is 0 Å². The lowest BCUT2D eigenvalue weighted by Gasteiger charge is -2.19. The third kappa shape index (κ3) is 6.52. The topological polar surface area (TPSA) is 88.9 Å². The predicted molar refractivity (Wildman–Crippen MR) is 130 cm³/mol. The summed E-state index contributed by atoms with van der Waals surface area (Å²) in [6.07, 6.45) is 3.55. The largest absolute Gasteiger partial charge is 0.350 e. The highest BCUT2D eigenvalue weighted by atomic mass is 35.5. The maximum Gasteiger partial charge on any atom is 0.251 e. The highest BCUT2D eigenvalue weighted by Crippen LogP contribution is 2.11. The number of hydrogen-bond acceptors (Lipinski definition) is 4. The predicted octanol–water partition coefficient (Wildman–Crippen LogP) is 3.64. The average Bonchev–Trinajstić information content (AvgIpc) is 3.37. The molecule has 2 N–H and O–H groups in total. The van der Waals surface area contributed by atoms with Crippen LogP contribution in [0.15, 0.2) is 91.5 Å². The molecule has 1 heterocycles. The van der Waals surface area contributed by atoms with E-state index in [2.05, 4.69) is 20.7 Å². The Bertz CT molecular complexity index is 1210. The molecule has 7 nitrogen and oxygen atoms in total. The first-order chi connectivity index (χ1) is 16.6. The van der Waals surface area contributed by atoms with Crippen LogP contribution in [0.5, 0.6) is 0 Å². The fourth-order valence-corrected chi connectivity index (χ4v) is 3.60. The van der Waals surface area contributed by atoms with Crippen LogP contribution < -0.4 is 10.6 Å². The van der Waals surface area contributed by atoms with Crippen LogP contribution >= 0.6 is 11.6 Å². The van der Waals surface area contributed by atoms with Crippen molar-refractivity contribution in [3.63, 3.8) is 0 Å². The van der Waals surface area contributed by atoms with E-state index in [1.165, 1.54) is 6.33 Å². The Morgan fingerprint density at radius 2 is 1.59 bits per heavy atom. The molecule has 34 heavy (non-hydrogen) atoms. The molecule has 0 aliphatic heterocycles. The van der Waals surface area contributed by atoms with Gasteiger partial charge in [0.25, 0.3) is 5.91 Å². The Morgan fingerprint density at radius 1 is 0.882 bits per heavy atom. The molecular formula is C26H24ClN5O2. The number of nitrogens with zero attached hydrogens (tertiary/aromatic N) is 3. The second kappa shape index (κ2) is 11.2. The fraction of sp³-hybridized carbons (Fsp3) is 0.154. The van der Waals surface area contributed by atoms with Gasteiger partial charge in [0, 0.05) is 23.6 Å². The van der Waals surface area contributed by atoms with E-state index in [0.717, 1.165) is 16.7 Å². The molecule has 3 aromatic carbocycles. The number of carbonyl (C=O) groups is 2. The molecule has 0 radical (unpaired) electrons. The molecule has 0 fully saturated rings. The Kier molecular flexibility index (Phi) is 7.67. The minimum Gasteiger partial charge on any atom is -0.350 e. The van der Waals surface area contributed by atoms with Gasteiger partial charge in [-0.2, -0.15) is 5.10 Å². The number of carbonyl (C=O) groups excluding carboxylic acids is 2. The van der Waals surface area contributed by atoms with Crippen molar-refractivity contribution in [1.82, 2.24) is 25.4 Å². The van der Waals surface area contributed by atoms with E-state index in [4.69, 9.17) is 11.6 Å². The second-order valence-corrected chi connectivity index (χ2v) is 8.29. The van der Waals surface area contributed by atoms with Crippen LogP contribution in [-0.2, 0) is 24.3 Å². The Hall–Kier alpha value is -3.97. The number of hydrogen-bond donors (Lipinski definition) is 2. The van der Waals surface area contributed by atoms with Crippen molar-refractivity contribution >= 4 is 23.4 Å². The van der Waals surface area contributed by atoms with Crippen LogP contribution in [-0.4, -0.2) is 32.6 Å². The zero-order valence-electron chi connectivity index (χ0n) is 18.4. The van der Waals surface area contributed by atoms with Crippen molar-refractivity contribution in [3.8, 4) is 0 Å². The lowest BCUT2D eigenvalue weighted by molar-refractivity contribution is -0.123. The van der Waals surface area contributed by atoms with E-state index in [0.29, 0.717) is 30.1 Å². The zero-order valence-corrected chi connectivity index (χ0v) is 19.2. The standard InChI is InChI=1S/C26H24ClN5O2/c27-23-12-10-22(11-13-23)25(33)31-24(14-19-4-2-1-3-5-19)26(34)29-15-20-6-8-21(9-7-20)16-32-18-28-17-30-32/h1-13,17-18,24H,14-16H2,(H,29,34)(H,31,33). The van der Waals surface area contributed by atoms with Gasteiger partial charge in [0.15, 0.2) is 0 Å². The molecule has 4 rings (SSSR count). The minimum atomic E-state index is -0.725. The van der Waals surface area contributed by atoms with Gasteiger partial charge >= 0.3 is 0 Å². The highest BCUT2D eigenvalue weighted by Gasteiger charge is 2.22. The Balaban J connectivity index is 1.40. The second-order valence-electron chi connectivity index (χ2n) is 7.85. The van der Waals surface area contributed by atoms with Gasteiger partial charge in [-0.25, -0.2) is 9.67 Å². The van der Waals surface area contributed by atoms with Crippen molar-refractivity contribution in [3.05, 3.63) is 119 Å². The molecule has 0 saturated carbocycles. The summed E-state index contributed by atoms with van der Waals surface area (Å²) in [6.45, 7) is 0.979. The third-order valence-electron chi connectivity index (χ3n) is 5.31. The number of benzene rings is 3. The van der Waals surface area contributed by atoms with Crippen molar-refractivity contribution in [1.29, 1.82) is 0 Å². The van der Waals surface area contributed by atoms with Gasteiger partial charge in [0.05, 0.1) is 6.54 Å². The van der Waals surface area contributed by atoms with Crippen LogP contribution in [0.4, 0.5) is 0 Å². The highest BCUT2D eigenvalue weighted by molar-refractivity contribution is 6.30. The van der Waals surface area contributed by atoms with Gasteiger partial charge in [0.1, 0.15) is 18.7 Å². The number of amides is 2. The van der Waals surface area contributed by atoms with Crippen molar-refractivity contribution in [2.45, 2.75) is 25.6 Å². The first-order valence-corrected chi connectivity index (χ1v) is 11.2. The van der Waals surface area contributed by atoms with Crippen molar-refractivity contribution in [2.24, 2.45) is 0 Å². The smallest absolute Gasteiger partial charge is 0.251 e. The number of halogens is 1. The average molecular weight is 474 g/mol. The van der Waals surface area contributed by atoms with Crippen LogP contribution in [0.2, 0.25) is 5.02 Å². The molecule has 0 aliphatic carbocycles. The van der Waals surface area contributed by atoms with Gasteiger partial charge < -0.3 is 10.6 Å². The maximum absolute atomic E-state index is 13.1.